The molecule has 197 valence electrons. The van der Waals surface area contributed by atoms with Crippen LogP contribution < -0.4 is 0 Å². The fourth-order valence-electron chi connectivity index (χ4n) is 5.37. The van der Waals surface area contributed by atoms with E-state index < -0.39 is 23.5 Å². The van der Waals surface area contributed by atoms with Gasteiger partial charge >= 0.3 is 12.4 Å². The Labute approximate surface area is 213 Å². The summed E-state index contributed by atoms with van der Waals surface area (Å²) in [5.41, 5.74) is -1.68. The van der Waals surface area contributed by atoms with Gasteiger partial charge in [0.05, 0.1) is 11.1 Å². The van der Waals surface area contributed by atoms with Crippen LogP contribution in [-0.4, -0.2) is 42.0 Å². The highest BCUT2D eigenvalue weighted by atomic mass is 35.5. The van der Waals surface area contributed by atoms with Gasteiger partial charge < -0.3 is 0 Å². The van der Waals surface area contributed by atoms with E-state index in [1.54, 1.807) is 12.1 Å². The van der Waals surface area contributed by atoms with Crippen molar-refractivity contribution in [1.29, 1.82) is 0 Å². The van der Waals surface area contributed by atoms with E-state index in [1.807, 2.05) is 18.6 Å². The molecule has 2 aromatic carbocycles. The first-order valence-corrected chi connectivity index (χ1v) is 12.7. The van der Waals surface area contributed by atoms with Crippen LogP contribution in [0.4, 0.5) is 26.3 Å². The summed E-state index contributed by atoms with van der Waals surface area (Å²) in [7, 11) is 0. The zero-order valence-electron chi connectivity index (χ0n) is 19.9. The molecule has 36 heavy (non-hydrogen) atoms. The average Bonchev–Trinajstić information content (AvgIpc) is 2.85. The first-order valence-electron chi connectivity index (χ1n) is 12.4. The molecule has 1 atom stereocenters. The van der Waals surface area contributed by atoms with Gasteiger partial charge in [0, 0.05) is 43.3 Å². The first-order chi connectivity index (χ1) is 17.0. The lowest BCUT2D eigenvalue weighted by atomic mass is 9.93. The molecule has 0 aromatic heterocycles. The number of piperazine rings is 1. The van der Waals surface area contributed by atoms with E-state index in [0.717, 1.165) is 43.9 Å². The highest BCUT2D eigenvalue weighted by molar-refractivity contribution is 6.30. The van der Waals surface area contributed by atoms with E-state index in [4.69, 9.17) is 11.6 Å². The maximum atomic E-state index is 13.3. The number of hydrogen-bond donors (Lipinski definition) is 0. The molecule has 2 aromatic rings. The molecule has 1 saturated carbocycles. The smallest absolute Gasteiger partial charge is 0.298 e. The fourth-order valence-corrected chi connectivity index (χ4v) is 5.49. The maximum absolute atomic E-state index is 13.3. The standard InChI is InChI=1S/C27H30ClF6N2/c28-23-9-7-20(8-10-23)25(36-14-12-35(13-15-36)24-4-2-1-3-5-24)11-6-19-16-21(26(29,30)31)18-22(17-19)27(32,33)34/h7-11,16-18,24-25H,1-6,12-15H2. The number of rotatable bonds is 6. The molecule has 0 N–H and O–H groups in total. The van der Waals surface area contributed by atoms with Gasteiger partial charge in [-0.15, -0.1) is 0 Å². The molecule has 1 saturated heterocycles. The number of hydrogen-bond acceptors (Lipinski definition) is 2. The summed E-state index contributed by atoms with van der Waals surface area (Å²) in [6, 6.07) is 9.38. The van der Waals surface area contributed by atoms with Crippen molar-refractivity contribution < 1.29 is 26.3 Å². The van der Waals surface area contributed by atoms with Crippen LogP contribution in [-0.2, 0) is 18.8 Å². The minimum Gasteiger partial charge on any atom is -0.298 e. The van der Waals surface area contributed by atoms with Crippen LogP contribution in [0.1, 0.15) is 60.4 Å². The minimum atomic E-state index is -4.86. The Morgan fingerprint density at radius 1 is 0.806 bits per heavy atom. The van der Waals surface area contributed by atoms with Gasteiger partial charge in [-0.3, -0.25) is 9.80 Å². The molecule has 0 spiro atoms. The average molecular weight is 532 g/mol. The van der Waals surface area contributed by atoms with Crippen LogP contribution in [0.25, 0.3) is 0 Å². The Hall–Kier alpha value is -1.77. The van der Waals surface area contributed by atoms with Crippen LogP contribution in [0.3, 0.4) is 0 Å². The zero-order valence-corrected chi connectivity index (χ0v) is 20.6. The van der Waals surface area contributed by atoms with Crippen molar-refractivity contribution in [2.75, 3.05) is 26.2 Å². The minimum absolute atomic E-state index is 0.0167. The van der Waals surface area contributed by atoms with Gasteiger partial charge in [-0.05, 0) is 67.1 Å². The molecule has 1 unspecified atom stereocenters. The lowest BCUT2D eigenvalue weighted by molar-refractivity contribution is -0.143. The number of halogens is 7. The highest BCUT2D eigenvalue weighted by Crippen LogP contribution is 2.37. The quantitative estimate of drug-likeness (QED) is 0.351. The molecule has 2 aliphatic rings. The SMILES string of the molecule is FC(F)(F)c1cc(C[CH]C(c2ccc(Cl)cc2)N2CCN(C3CCCCC3)CC2)cc(C(F)(F)F)c1. The van der Waals surface area contributed by atoms with Crippen molar-refractivity contribution in [3.63, 3.8) is 0 Å². The van der Waals surface area contributed by atoms with E-state index in [9.17, 15) is 26.3 Å². The van der Waals surface area contributed by atoms with E-state index in [2.05, 4.69) is 9.80 Å². The molecule has 1 aliphatic heterocycles. The summed E-state index contributed by atoms with van der Waals surface area (Å²) in [4.78, 5) is 4.78. The van der Waals surface area contributed by atoms with Gasteiger partial charge in [0.1, 0.15) is 0 Å². The second-order valence-corrected chi connectivity index (χ2v) is 10.2. The predicted octanol–water partition coefficient (Wildman–Crippen LogP) is 7.82. The summed E-state index contributed by atoms with van der Waals surface area (Å²) in [6.07, 6.45) is -1.71. The highest BCUT2D eigenvalue weighted by Gasteiger charge is 2.37. The molecular weight excluding hydrogens is 502 g/mol. The molecule has 0 bridgehead atoms. The Morgan fingerprint density at radius 3 is 1.89 bits per heavy atom. The zero-order chi connectivity index (χ0) is 25.9. The molecule has 1 heterocycles. The summed E-state index contributed by atoms with van der Waals surface area (Å²) in [5, 5.41) is 0.562. The Balaban J connectivity index is 1.52. The number of benzene rings is 2. The third kappa shape index (κ3) is 6.95. The molecule has 2 fully saturated rings. The van der Waals surface area contributed by atoms with E-state index >= 15 is 0 Å². The van der Waals surface area contributed by atoms with Crippen molar-refractivity contribution in [3.05, 3.63) is 76.2 Å². The second-order valence-electron chi connectivity index (χ2n) is 9.71. The third-order valence-corrected chi connectivity index (χ3v) is 7.52. The van der Waals surface area contributed by atoms with Gasteiger partial charge in [-0.1, -0.05) is 43.0 Å². The van der Waals surface area contributed by atoms with Crippen LogP contribution >= 0.6 is 11.6 Å². The molecule has 9 heteroatoms. The van der Waals surface area contributed by atoms with Crippen molar-refractivity contribution in [2.24, 2.45) is 0 Å². The Morgan fingerprint density at radius 2 is 1.36 bits per heavy atom. The van der Waals surface area contributed by atoms with Gasteiger partial charge in [0.25, 0.3) is 0 Å². The first kappa shape index (κ1) is 27.3. The molecular formula is C27H30ClF6N2. The summed E-state index contributed by atoms with van der Waals surface area (Å²) in [6.45, 7) is 3.34. The van der Waals surface area contributed by atoms with E-state index in [0.29, 0.717) is 11.1 Å². The topological polar surface area (TPSA) is 6.48 Å². The van der Waals surface area contributed by atoms with Crippen molar-refractivity contribution in [3.8, 4) is 0 Å². The van der Waals surface area contributed by atoms with Crippen molar-refractivity contribution in [1.82, 2.24) is 9.80 Å². The monoisotopic (exact) mass is 531 g/mol. The predicted molar refractivity (Wildman–Crippen MR) is 129 cm³/mol. The lowest BCUT2D eigenvalue weighted by Gasteiger charge is -2.43. The molecule has 2 nitrogen and oxygen atoms in total. The molecule has 4 rings (SSSR count). The largest absolute Gasteiger partial charge is 0.416 e. The van der Waals surface area contributed by atoms with E-state index in [-0.39, 0.29) is 24.1 Å². The van der Waals surface area contributed by atoms with Gasteiger partial charge in [0.15, 0.2) is 0 Å². The van der Waals surface area contributed by atoms with Crippen molar-refractivity contribution in [2.45, 2.75) is 63.0 Å². The van der Waals surface area contributed by atoms with Crippen LogP contribution in [0.2, 0.25) is 5.02 Å². The van der Waals surface area contributed by atoms with Crippen LogP contribution in [0.15, 0.2) is 42.5 Å². The molecule has 1 radical (unpaired) electrons. The van der Waals surface area contributed by atoms with Gasteiger partial charge in [0.2, 0.25) is 0 Å². The van der Waals surface area contributed by atoms with Crippen LogP contribution in [0.5, 0.6) is 0 Å². The molecule has 1 aliphatic carbocycles. The number of nitrogens with zero attached hydrogens (tertiary/aromatic N) is 2. The van der Waals surface area contributed by atoms with Gasteiger partial charge in [-0.2, -0.15) is 26.3 Å². The normalized spacial score (nSPS) is 20.0. The Bertz CT molecular complexity index is 959. The van der Waals surface area contributed by atoms with E-state index in [1.165, 1.54) is 32.1 Å². The Kier molecular flexibility index (Phi) is 8.57. The van der Waals surface area contributed by atoms with Crippen molar-refractivity contribution >= 4 is 11.6 Å². The summed E-state index contributed by atoms with van der Waals surface area (Å²) >= 11 is 6.06. The summed E-state index contributed by atoms with van der Waals surface area (Å²) in [5.74, 6) is 0. The second kappa shape index (κ2) is 11.3. The lowest BCUT2D eigenvalue weighted by Crippen LogP contribution is -2.51. The van der Waals surface area contributed by atoms with Crippen LogP contribution in [0, 0.1) is 6.42 Å². The number of alkyl halides is 6. The van der Waals surface area contributed by atoms with Gasteiger partial charge in [-0.25, -0.2) is 0 Å². The summed E-state index contributed by atoms with van der Waals surface area (Å²) < 4.78 is 79.9. The fraction of sp³-hybridized carbons (Fsp3) is 0.519. The molecule has 0 amide bonds. The maximum Gasteiger partial charge on any atom is 0.416 e. The third-order valence-electron chi connectivity index (χ3n) is 7.27.